The highest BCUT2D eigenvalue weighted by Gasteiger charge is 2.30. The Hall–Kier alpha value is -1.67. The van der Waals surface area contributed by atoms with Crippen LogP contribution in [0.25, 0.3) is 0 Å². The Morgan fingerprint density at radius 2 is 2.40 bits per heavy atom. The van der Waals surface area contributed by atoms with Gasteiger partial charge in [-0.2, -0.15) is 0 Å². The minimum absolute atomic E-state index is 0.0176. The van der Waals surface area contributed by atoms with E-state index < -0.39 is 11.0 Å². The number of thiophene rings is 1. The zero-order valence-corrected chi connectivity index (χ0v) is 11.9. The first-order valence-electron chi connectivity index (χ1n) is 6.40. The van der Waals surface area contributed by atoms with Crippen molar-refractivity contribution in [3.8, 4) is 0 Å². The van der Waals surface area contributed by atoms with E-state index in [1.54, 1.807) is 6.92 Å². The van der Waals surface area contributed by atoms with Crippen LogP contribution < -0.4 is 10.6 Å². The summed E-state index contributed by atoms with van der Waals surface area (Å²) in [5, 5.41) is 21.2. The second kappa shape index (κ2) is 5.76. The minimum Gasteiger partial charge on any atom is -0.388 e. The molecule has 0 saturated carbocycles. The molecule has 1 fully saturated rings. The molecule has 1 amide bonds. The highest BCUT2D eigenvalue weighted by atomic mass is 32.1. The first kappa shape index (κ1) is 14.7. The van der Waals surface area contributed by atoms with Crippen LogP contribution in [0.2, 0.25) is 0 Å². The van der Waals surface area contributed by atoms with Crippen LogP contribution in [0.1, 0.15) is 30.7 Å². The van der Waals surface area contributed by atoms with Gasteiger partial charge in [0, 0.05) is 24.0 Å². The molecule has 3 N–H and O–H groups in total. The van der Waals surface area contributed by atoms with Crippen LogP contribution in [0.4, 0.5) is 10.7 Å². The lowest BCUT2D eigenvalue weighted by molar-refractivity contribution is -0.383. The first-order valence-corrected chi connectivity index (χ1v) is 7.22. The largest absolute Gasteiger partial charge is 0.388 e. The zero-order valence-electron chi connectivity index (χ0n) is 11.1. The van der Waals surface area contributed by atoms with Crippen molar-refractivity contribution in [2.45, 2.75) is 25.9 Å². The molecule has 2 heterocycles. The third kappa shape index (κ3) is 2.91. The van der Waals surface area contributed by atoms with Crippen LogP contribution >= 0.6 is 11.3 Å². The standard InChI is InChI=1S/C12H17N3O4S/c1-7(16)10-5-9(15(18)19)12(20-10)14-4-2-3-8(6-14)11(13)17/h5,7-8,16H,2-4,6H2,1H3,(H2,13,17)/t7-,8?/m1/s1. The number of hydrogen-bond donors (Lipinski definition) is 2. The second-order valence-electron chi connectivity index (χ2n) is 4.96. The number of carbonyl (C=O) groups is 1. The van der Waals surface area contributed by atoms with Gasteiger partial charge in [0.25, 0.3) is 0 Å². The third-order valence-electron chi connectivity index (χ3n) is 3.43. The Morgan fingerprint density at radius 3 is 2.95 bits per heavy atom. The fraction of sp³-hybridized carbons (Fsp3) is 0.583. The number of primary amides is 1. The molecule has 1 saturated heterocycles. The number of carbonyl (C=O) groups excluding carboxylic acids is 1. The Labute approximate surface area is 120 Å². The van der Waals surface area contributed by atoms with Gasteiger partial charge in [-0.3, -0.25) is 14.9 Å². The molecule has 1 aliphatic rings. The first-order chi connectivity index (χ1) is 9.40. The number of anilines is 1. The zero-order chi connectivity index (χ0) is 14.9. The Bertz CT molecular complexity index is 529. The third-order valence-corrected chi connectivity index (χ3v) is 4.79. The lowest BCUT2D eigenvalue weighted by Gasteiger charge is -2.31. The van der Waals surface area contributed by atoms with Gasteiger partial charge in [0.1, 0.15) is 0 Å². The van der Waals surface area contributed by atoms with Crippen LogP contribution in [0.5, 0.6) is 0 Å². The number of nitrogens with two attached hydrogens (primary N) is 1. The summed E-state index contributed by atoms with van der Waals surface area (Å²) in [6, 6.07) is 1.40. The molecule has 8 heteroatoms. The summed E-state index contributed by atoms with van der Waals surface area (Å²) in [4.78, 5) is 24.3. The number of rotatable bonds is 4. The quantitative estimate of drug-likeness (QED) is 0.645. The lowest BCUT2D eigenvalue weighted by Crippen LogP contribution is -2.41. The summed E-state index contributed by atoms with van der Waals surface area (Å²) in [6.45, 7) is 2.63. The molecule has 20 heavy (non-hydrogen) atoms. The number of nitro groups is 1. The van der Waals surface area contributed by atoms with Crippen LogP contribution in [-0.4, -0.2) is 29.0 Å². The summed E-state index contributed by atoms with van der Waals surface area (Å²) in [5.41, 5.74) is 5.31. The van der Waals surface area contributed by atoms with E-state index in [4.69, 9.17) is 5.73 Å². The van der Waals surface area contributed by atoms with E-state index in [9.17, 15) is 20.0 Å². The van der Waals surface area contributed by atoms with Crippen molar-refractivity contribution in [3.05, 3.63) is 21.1 Å². The average molecular weight is 299 g/mol. The van der Waals surface area contributed by atoms with Crippen molar-refractivity contribution in [1.82, 2.24) is 0 Å². The molecule has 110 valence electrons. The van der Waals surface area contributed by atoms with Gasteiger partial charge >= 0.3 is 5.69 Å². The summed E-state index contributed by atoms with van der Waals surface area (Å²) in [6.07, 6.45) is 0.741. The maximum atomic E-state index is 11.3. The molecule has 0 radical (unpaired) electrons. The number of aliphatic hydroxyl groups is 1. The molecule has 0 bridgehead atoms. The van der Waals surface area contributed by atoms with Crippen molar-refractivity contribution >= 4 is 27.9 Å². The van der Waals surface area contributed by atoms with E-state index in [0.29, 0.717) is 29.4 Å². The van der Waals surface area contributed by atoms with E-state index in [1.807, 2.05) is 4.90 Å². The van der Waals surface area contributed by atoms with E-state index in [-0.39, 0.29) is 17.5 Å². The summed E-state index contributed by atoms with van der Waals surface area (Å²) in [5.74, 6) is -0.648. The van der Waals surface area contributed by atoms with E-state index in [0.717, 1.165) is 6.42 Å². The van der Waals surface area contributed by atoms with Gasteiger partial charge in [-0.15, -0.1) is 11.3 Å². The maximum absolute atomic E-state index is 11.3. The summed E-state index contributed by atoms with van der Waals surface area (Å²) in [7, 11) is 0. The van der Waals surface area contributed by atoms with Crippen molar-refractivity contribution in [1.29, 1.82) is 0 Å². The smallest absolute Gasteiger partial charge is 0.304 e. The van der Waals surface area contributed by atoms with E-state index in [1.165, 1.54) is 17.4 Å². The monoisotopic (exact) mass is 299 g/mol. The Kier molecular flexibility index (Phi) is 4.24. The van der Waals surface area contributed by atoms with E-state index in [2.05, 4.69) is 0 Å². The minimum atomic E-state index is -0.746. The van der Waals surface area contributed by atoms with Crippen LogP contribution in [-0.2, 0) is 4.79 Å². The molecule has 1 unspecified atom stereocenters. The van der Waals surface area contributed by atoms with E-state index >= 15 is 0 Å². The highest BCUT2D eigenvalue weighted by Crippen LogP contribution is 2.41. The number of piperidine rings is 1. The van der Waals surface area contributed by atoms with Gasteiger partial charge < -0.3 is 15.7 Å². The number of amides is 1. The van der Waals surface area contributed by atoms with Gasteiger partial charge in [-0.1, -0.05) is 0 Å². The number of hydrogen-bond acceptors (Lipinski definition) is 6. The molecule has 0 aromatic carbocycles. The molecule has 2 rings (SSSR count). The summed E-state index contributed by atoms with van der Waals surface area (Å²) >= 11 is 1.20. The van der Waals surface area contributed by atoms with Crippen molar-refractivity contribution in [2.24, 2.45) is 11.7 Å². The average Bonchev–Trinajstić information content (AvgIpc) is 2.84. The number of aliphatic hydroxyl groups excluding tert-OH is 1. The fourth-order valence-corrected chi connectivity index (χ4v) is 3.44. The van der Waals surface area contributed by atoms with Gasteiger partial charge in [0.15, 0.2) is 5.00 Å². The van der Waals surface area contributed by atoms with Crippen LogP contribution in [0, 0.1) is 16.0 Å². The molecule has 1 aromatic rings. The SMILES string of the molecule is C[C@@H](O)c1cc([N+](=O)[O-])c(N2CCCC(C(N)=O)C2)s1. The second-order valence-corrected chi connectivity index (χ2v) is 6.02. The molecule has 0 aliphatic carbocycles. The highest BCUT2D eigenvalue weighted by molar-refractivity contribution is 7.16. The number of nitrogens with zero attached hydrogens (tertiary/aromatic N) is 2. The molecule has 1 aliphatic heterocycles. The molecular formula is C12H17N3O4S. The van der Waals surface area contributed by atoms with Crippen LogP contribution in [0.15, 0.2) is 6.07 Å². The summed E-state index contributed by atoms with van der Waals surface area (Å²) < 4.78 is 0. The van der Waals surface area contributed by atoms with Gasteiger partial charge in [-0.25, -0.2) is 0 Å². The maximum Gasteiger partial charge on any atom is 0.304 e. The normalized spacial score (nSPS) is 20.7. The van der Waals surface area contributed by atoms with Crippen LogP contribution in [0.3, 0.4) is 0 Å². The van der Waals surface area contributed by atoms with Crippen molar-refractivity contribution < 1.29 is 14.8 Å². The van der Waals surface area contributed by atoms with Gasteiger partial charge in [0.2, 0.25) is 5.91 Å². The predicted molar refractivity (Wildman–Crippen MR) is 75.7 cm³/mol. The molecule has 7 nitrogen and oxygen atoms in total. The molecule has 1 aromatic heterocycles. The Morgan fingerprint density at radius 1 is 1.70 bits per heavy atom. The lowest BCUT2D eigenvalue weighted by atomic mass is 9.98. The fourth-order valence-electron chi connectivity index (χ4n) is 2.35. The molecule has 2 atom stereocenters. The van der Waals surface area contributed by atoms with Crippen molar-refractivity contribution in [3.63, 3.8) is 0 Å². The predicted octanol–water partition coefficient (Wildman–Crippen LogP) is 1.41. The van der Waals surface area contributed by atoms with Gasteiger partial charge in [-0.05, 0) is 19.8 Å². The topological polar surface area (TPSA) is 110 Å². The van der Waals surface area contributed by atoms with Crippen molar-refractivity contribution in [2.75, 3.05) is 18.0 Å². The molecule has 0 spiro atoms. The molecular weight excluding hydrogens is 282 g/mol. The Balaban J connectivity index is 2.31. The van der Waals surface area contributed by atoms with Gasteiger partial charge in [0.05, 0.1) is 16.9 Å².